The molecule has 0 spiro atoms. The monoisotopic (exact) mass is 249 g/mol. The van der Waals surface area contributed by atoms with Gasteiger partial charge in [0.25, 0.3) is 0 Å². The smallest absolute Gasteiger partial charge is 0.310 e. The molecule has 100 valence electrons. The van der Waals surface area contributed by atoms with Gasteiger partial charge in [-0.3, -0.25) is 4.79 Å². The van der Waals surface area contributed by atoms with Crippen LogP contribution < -0.4 is 5.32 Å². The molecule has 3 nitrogen and oxygen atoms in total. The van der Waals surface area contributed by atoms with Gasteiger partial charge in [-0.2, -0.15) is 0 Å². The number of rotatable bonds is 7. The molecule has 0 aliphatic rings. The lowest BCUT2D eigenvalue weighted by molar-refractivity contribution is -0.146. The van der Waals surface area contributed by atoms with Gasteiger partial charge in [0.05, 0.1) is 5.41 Å². The summed E-state index contributed by atoms with van der Waals surface area (Å²) in [7, 11) is 0. The summed E-state index contributed by atoms with van der Waals surface area (Å²) in [4.78, 5) is 11.0. The van der Waals surface area contributed by atoms with E-state index in [1.165, 1.54) is 5.56 Å². The van der Waals surface area contributed by atoms with Crippen molar-refractivity contribution in [1.82, 2.24) is 5.32 Å². The molecule has 2 N–H and O–H groups in total. The number of benzene rings is 1. The van der Waals surface area contributed by atoms with Crippen LogP contribution in [-0.4, -0.2) is 23.7 Å². The van der Waals surface area contributed by atoms with Crippen LogP contribution in [0.1, 0.15) is 32.8 Å². The molecule has 1 aromatic rings. The van der Waals surface area contributed by atoms with Crippen LogP contribution in [0.25, 0.3) is 0 Å². The number of aliphatic carboxylic acids is 1. The molecule has 1 rings (SSSR count). The van der Waals surface area contributed by atoms with Crippen LogP contribution in [0.4, 0.5) is 0 Å². The van der Waals surface area contributed by atoms with Gasteiger partial charge in [0.1, 0.15) is 0 Å². The Kier molecular flexibility index (Phi) is 5.35. The van der Waals surface area contributed by atoms with Gasteiger partial charge in [0.2, 0.25) is 0 Å². The number of hydrogen-bond acceptors (Lipinski definition) is 2. The minimum Gasteiger partial charge on any atom is -0.481 e. The quantitative estimate of drug-likeness (QED) is 0.781. The van der Waals surface area contributed by atoms with Crippen LogP contribution in [0.2, 0.25) is 0 Å². The van der Waals surface area contributed by atoms with Crippen LogP contribution in [0.5, 0.6) is 0 Å². The highest BCUT2D eigenvalue weighted by molar-refractivity contribution is 5.73. The van der Waals surface area contributed by atoms with E-state index in [9.17, 15) is 4.79 Å². The number of carboxylic acids is 1. The lowest BCUT2D eigenvalue weighted by Crippen LogP contribution is -2.40. The summed E-state index contributed by atoms with van der Waals surface area (Å²) < 4.78 is 0. The molecule has 0 aliphatic heterocycles. The van der Waals surface area contributed by atoms with Crippen LogP contribution in [0.3, 0.4) is 0 Å². The molecule has 0 aromatic heterocycles. The maximum atomic E-state index is 11.0. The lowest BCUT2D eigenvalue weighted by atomic mass is 9.93. The van der Waals surface area contributed by atoms with E-state index in [0.717, 1.165) is 12.8 Å². The lowest BCUT2D eigenvalue weighted by Gasteiger charge is -2.23. The minimum atomic E-state index is -0.759. The van der Waals surface area contributed by atoms with Crippen molar-refractivity contribution in [1.29, 1.82) is 0 Å². The standard InChI is InChI=1S/C15H23NO2/c1-12(16-11-15(2,3)14(17)18)9-10-13-7-5-4-6-8-13/h4-8,12,16H,9-11H2,1-3H3,(H,17,18). The second-order valence-corrected chi connectivity index (χ2v) is 5.50. The first-order valence-electron chi connectivity index (χ1n) is 6.42. The van der Waals surface area contributed by atoms with E-state index in [1.807, 2.05) is 18.2 Å². The predicted octanol–water partition coefficient (Wildman–Crippen LogP) is 2.71. The molecule has 18 heavy (non-hydrogen) atoms. The maximum Gasteiger partial charge on any atom is 0.310 e. The molecule has 0 saturated carbocycles. The maximum absolute atomic E-state index is 11.0. The van der Waals surface area contributed by atoms with Crippen molar-refractivity contribution >= 4 is 5.97 Å². The topological polar surface area (TPSA) is 49.3 Å². The number of aryl methyl sites for hydroxylation is 1. The van der Waals surface area contributed by atoms with Gasteiger partial charge >= 0.3 is 5.97 Å². The fraction of sp³-hybridized carbons (Fsp3) is 0.533. The van der Waals surface area contributed by atoms with Crippen molar-refractivity contribution in [3.05, 3.63) is 35.9 Å². The molecule has 0 fully saturated rings. The number of carbonyl (C=O) groups is 1. The van der Waals surface area contributed by atoms with E-state index in [0.29, 0.717) is 12.6 Å². The van der Waals surface area contributed by atoms with E-state index in [1.54, 1.807) is 13.8 Å². The summed E-state index contributed by atoms with van der Waals surface area (Å²) in [5.74, 6) is -0.759. The highest BCUT2D eigenvalue weighted by atomic mass is 16.4. The van der Waals surface area contributed by atoms with Gasteiger partial charge < -0.3 is 10.4 Å². The van der Waals surface area contributed by atoms with Crippen LogP contribution in [0.15, 0.2) is 30.3 Å². The average Bonchev–Trinajstić information content (AvgIpc) is 2.35. The fourth-order valence-corrected chi connectivity index (χ4v) is 1.63. The highest BCUT2D eigenvalue weighted by Crippen LogP contribution is 2.14. The molecule has 0 heterocycles. The molecule has 0 saturated heterocycles. The van der Waals surface area contributed by atoms with Gasteiger partial charge in [-0.25, -0.2) is 0 Å². The molecule has 1 unspecified atom stereocenters. The van der Waals surface area contributed by atoms with Gasteiger partial charge in [-0.15, -0.1) is 0 Å². The second-order valence-electron chi connectivity index (χ2n) is 5.50. The predicted molar refractivity (Wildman–Crippen MR) is 73.6 cm³/mol. The van der Waals surface area contributed by atoms with Gasteiger partial charge in [0, 0.05) is 12.6 Å². The SMILES string of the molecule is CC(CCc1ccccc1)NCC(C)(C)C(=O)O. The summed E-state index contributed by atoms with van der Waals surface area (Å²) >= 11 is 0. The van der Waals surface area contributed by atoms with Gasteiger partial charge in [0.15, 0.2) is 0 Å². The Balaban J connectivity index is 2.30. The van der Waals surface area contributed by atoms with Crippen LogP contribution in [-0.2, 0) is 11.2 Å². The van der Waals surface area contributed by atoms with Crippen molar-refractivity contribution < 1.29 is 9.90 Å². The Morgan fingerprint density at radius 3 is 2.50 bits per heavy atom. The van der Waals surface area contributed by atoms with E-state index in [4.69, 9.17) is 5.11 Å². The van der Waals surface area contributed by atoms with Gasteiger partial charge in [-0.05, 0) is 39.2 Å². The Bertz CT molecular complexity index is 373. The van der Waals surface area contributed by atoms with E-state index >= 15 is 0 Å². The minimum absolute atomic E-state index is 0.323. The molecule has 1 aromatic carbocycles. The summed E-state index contributed by atoms with van der Waals surface area (Å²) in [5.41, 5.74) is 0.615. The summed E-state index contributed by atoms with van der Waals surface area (Å²) in [6, 6.07) is 10.7. The Morgan fingerprint density at radius 1 is 1.33 bits per heavy atom. The summed E-state index contributed by atoms with van der Waals surface area (Å²) in [5, 5.41) is 12.3. The first-order chi connectivity index (χ1) is 8.42. The molecule has 0 bridgehead atoms. The van der Waals surface area contributed by atoms with Crippen molar-refractivity contribution in [3.8, 4) is 0 Å². The Morgan fingerprint density at radius 2 is 1.94 bits per heavy atom. The number of carboxylic acid groups (broad SMARTS) is 1. The molecular weight excluding hydrogens is 226 g/mol. The van der Waals surface area contributed by atoms with E-state index < -0.39 is 11.4 Å². The van der Waals surface area contributed by atoms with Crippen molar-refractivity contribution in [2.75, 3.05) is 6.54 Å². The van der Waals surface area contributed by atoms with Crippen molar-refractivity contribution in [2.24, 2.45) is 5.41 Å². The Labute approximate surface area is 109 Å². The van der Waals surface area contributed by atoms with E-state index in [-0.39, 0.29) is 0 Å². The summed E-state index contributed by atoms with van der Waals surface area (Å²) in [6.45, 7) is 6.08. The third-order valence-electron chi connectivity index (χ3n) is 3.18. The van der Waals surface area contributed by atoms with E-state index in [2.05, 4.69) is 24.4 Å². The first kappa shape index (κ1) is 14.7. The third-order valence-corrected chi connectivity index (χ3v) is 3.18. The zero-order valence-electron chi connectivity index (χ0n) is 11.4. The number of hydrogen-bond donors (Lipinski definition) is 2. The largest absolute Gasteiger partial charge is 0.481 e. The molecule has 0 aliphatic carbocycles. The molecule has 3 heteroatoms. The Hall–Kier alpha value is -1.35. The van der Waals surface area contributed by atoms with Gasteiger partial charge in [-0.1, -0.05) is 30.3 Å². The zero-order chi connectivity index (χ0) is 13.6. The van der Waals surface area contributed by atoms with Crippen LogP contribution in [0, 0.1) is 5.41 Å². The van der Waals surface area contributed by atoms with Crippen LogP contribution >= 0.6 is 0 Å². The highest BCUT2D eigenvalue weighted by Gasteiger charge is 2.26. The molecule has 0 amide bonds. The summed E-state index contributed by atoms with van der Waals surface area (Å²) in [6.07, 6.45) is 2.03. The zero-order valence-corrected chi connectivity index (χ0v) is 11.4. The molecule has 0 radical (unpaired) electrons. The normalized spacial score (nSPS) is 13.3. The second kappa shape index (κ2) is 6.55. The molecular formula is C15H23NO2. The van der Waals surface area contributed by atoms with Crippen molar-refractivity contribution in [2.45, 2.75) is 39.7 Å². The first-order valence-corrected chi connectivity index (χ1v) is 6.42. The number of nitrogens with one attached hydrogen (secondary N) is 1. The third kappa shape index (κ3) is 4.88. The average molecular weight is 249 g/mol. The van der Waals surface area contributed by atoms with Crippen molar-refractivity contribution in [3.63, 3.8) is 0 Å². The fourth-order valence-electron chi connectivity index (χ4n) is 1.63. The molecule has 1 atom stereocenters.